The highest BCUT2D eigenvalue weighted by Crippen LogP contribution is 2.09. The van der Waals surface area contributed by atoms with Gasteiger partial charge in [0, 0.05) is 30.5 Å². The third-order valence-corrected chi connectivity index (χ3v) is 4.23. The van der Waals surface area contributed by atoms with Gasteiger partial charge in [-0.15, -0.1) is 0 Å². The third kappa shape index (κ3) is 5.05. The summed E-state index contributed by atoms with van der Waals surface area (Å²) in [5.74, 6) is -0.0188. The lowest BCUT2D eigenvalue weighted by atomic mass is 10.1. The van der Waals surface area contributed by atoms with E-state index in [1.54, 1.807) is 12.5 Å². The molecule has 0 radical (unpaired) electrons. The summed E-state index contributed by atoms with van der Waals surface area (Å²) in [5, 5.41) is 3.08. The molecule has 1 atom stereocenters. The molecule has 128 valence electrons. The van der Waals surface area contributed by atoms with Gasteiger partial charge in [-0.2, -0.15) is 0 Å². The van der Waals surface area contributed by atoms with Gasteiger partial charge in [0.25, 0.3) is 5.91 Å². The first kappa shape index (κ1) is 17.0. The van der Waals surface area contributed by atoms with E-state index in [4.69, 9.17) is 0 Å². The summed E-state index contributed by atoms with van der Waals surface area (Å²) in [6.07, 6.45) is 7.36. The Balaban J connectivity index is 1.50. The number of hydrogen-bond acceptors (Lipinski definition) is 2. The number of rotatable bonds is 7. The van der Waals surface area contributed by atoms with E-state index in [0.29, 0.717) is 5.56 Å². The number of carbonyl (C=O) groups is 1. The maximum atomic E-state index is 12.4. The van der Waals surface area contributed by atoms with Gasteiger partial charge in [0.1, 0.15) is 0 Å². The number of imidazole rings is 1. The van der Waals surface area contributed by atoms with E-state index >= 15 is 0 Å². The Morgan fingerprint density at radius 1 is 1.08 bits per heavy atom. The van der Waals surface area contributed by atoms with Crippen molar-refractivity contribution in [3.63, 3.8) is 0 Å². The molecule has 3 aromatic rings. The van der Waals surface area contributed by atoms with Crippen molar-refractivity contribution in [2.24, 2.45) is 0 Å². The molecular formula is C21H23N3O. The van der Waals surface area contributed by atoms with Gasteiger partial charge < -0.3 is 9.88 Å². The molecule has 3 rings (SSSR count). The van der Waals surface area contributed by atoms with Crippen molar-refractivity contribution in [2.75, 3.05) is 0 Å². The molecule has 0 unspecified atom stereocenters. The van der Waals surface area contributed by atoms with Crippen LogP contribution in [0.1, 0.15) is 34.8 Å². The van der Waals surface area contributed by atoms with Crippen LogP contribution in [-0.4, -0.2) is 21.5 Å². The Hall–Kier alpha value is -2.88. The van der Waals surface area contributed by atoms with Crippen molar-refractivity contribution in [1.29, 1.82) is 0 Å². The maximum Gasteiger partial charge on any atom is 0.251 e. The molecule has 0 fully saturated rings. The lowest BCUT2D eigenvalue weighted by Crippen LogP contribution is -2.32. The number of aryl methyl sites for hydroxylation is 1. The van der Waals surface area contributed by atoms with Gasteiger partial charge in [-0.05, 0) is 43.0 Å². The topological polar surface area (TPSA) is 46.9 Å². The van der Waals surface area contributed by atoms with Gasteiger partial charge in [0.15, 0.2) is 0 Å². The summed E-state index contributed by atoms with van der Waals surface area (Å²) in [7, 11) is 0. The zero-order valence-corrected chi connectivity index (χ0v) is 14.4. The Labute approximate surface area is 148 Å². The van der Waals surface area contributed by atoms with Gasteiger partial charge in [-0.3, -0.25) is 4.79 Å². The van der Waals surface area contributed by atoms with Crippen LogP contribution in [0, 0.1) is 0 Å². The van der Waals surface area contributed by atoms with E-state index in [9.17, 15) is 4.79 Å². The van der Waals surface area contributed by atoms with Gasteiger partial charge in [0.2, 0.25) is 0 Å². The highest BCUT2D eigenvalue weighted by Gasteiger charge is 2.10. The summed E-state index contributed by atoms with van der Waals surface area (Å²) in [6.45, 7) is 2.81. The SMILES string of the molecule is C[C@@H](CCc1ccccc1)NC(=O)c1ccc(Cn2ccnc2)cc1. The Kier molecular flexibility index (Phi) is 5.62. The first-order valence-electron chi connectivity index (χ1n) is 8.60. The quantitative estimate of drug-likeness (QED) is 0.717. The summed E-state index contributed by atoms with van der Waals surface area (Å²) < 4.78 is 2.00. The largest absolute Gasteiger partial charge is 0.350 e. The highest BCUT2D eigenvalue weighted by atomic mass is 16.1. The van der Waals surface area contributed by atoms with E-state index in [0.717, 1.165) is 24.9 Å². The summed E-state index contributed by atoms with van der Waals surface area (Å²) >= 11 is 0. The molecule has 1 amide bonds. The summed E-state index contributed by atoms with van der Waals surface area (Å²) in [5.41, 5.74) is 3.14. The molecule has 4 heteroatoms. The zero-order chi connectivity index (χ0) is 17.5. The van der Waals surface area contributed by atoms with Crippen molar-refractivity contribution in [2.45, 2.75) is 32.4 Å². The van der Waals surface area contributed by atoms with E-state index < -0.39 is 0 Å². The fourth-order valence-electron chi connectivity index (χ4n) is 2.76. The fourth-order valence-corrected chi connectivity index (χ4v) is 2.76. The average Bonchev–Trinajstić information content (AvgIpc) is 3.14. The van der Waals surface area contributed by atoms with Gasteiger partial charge in [-0.1, -0.05) is 42.5 Å². The van der Waals surface area contributed by atoms with Crippen LogP contribution in [0.15, 0.2) is 73.3 Å². The molecule has 0 saturated carbocycles. The molecule has 0 spiro atoms. The van der Waals surface area contributed by atoms with Gasteiger partial charge in [-0.25, -0.2) is 4.98 Å². The Morgan fingerprint density at radius 2 is 1.84 bits per heavy atom. The Morgan fingerprint density at radius 3 is 2.52 bits per heavy atom. The molecule has 4 nitrogen and oxygen atoms in total. The van der Waals surface area contributed by atoms with E-state index in [-0.39, 0.29) is 11.9 Å². The minimum Gasteiger partial charge on any atom is -0.350 e. The number of hydrogen-bond donors (Lipinski definition) is 1. The first-order chi connectivity index (χ1) is 12.2. The number of benzene rings is 2. The highest BCUT2D eigenvalue weighted by molar-refractivity contribution is 5.94. The van der Waals surface area contributed by atoms with Crippen LogP contribution in [0.25, 0.3) is 0 Å². The predicted octanol–water partition coefficient (Wildman–Crippen LogP) is 3.68. The normalized spacial score (nSPS) is 11.9. The molecule has 0 aliphatic heterocycles. The predicted molar refractivity (Wildman–Crippen MR) is 99.5 cm³/mol. The second-order valence-corrected chi connectivity index (χ2v) is 6.33. The van der Waals surface area contributed by atoms with E-state index in [2.05, 4.69) is 22.4 Å². The molecule has 0 aliphatic carbocycles. The average molecular weight is 333 g/mol. The molecule has 1 N–H and O–H groups in total. The van der Waals surface area contributed by atoms with Crippen molar-refractivity contribution in [3.05, 3.63) is 90.0 Å². The minimum absolute atomic E-state index is 0.0188. The molecule has 0 bridgehead atoms. The molecule has 0 saturated heterocycles. The Bertz CT molecular complexity index is 780. The van der Waals surface area contributed by atoms with Crippen LogP contribution in [0.2, 0.25) is 0 Å². The molecule has 0 aliphatic rings. The third-order valence-electron chi connectivity index (χ3n) is 4.23. The second kappa shape index (κ2) is 8.29. The maximum absolute atomic E-state index is 12.4. The van der Waals surface area contributed by atoms with Gasteiger partial charge in [0.05, 0.1) is 6.33 Å². The van der Waals surface area contributed by atoms with Gasteiger partial charge >= 0.3 is 0 Å². The van der Waals surface area contributed by atoms with Crippen LogP contribution in [0.3, 0.4) is 0 Å². The van der Waals surface area contributed by atoms with E-state index in [1.807, 2.05) is 60.2 Å². The molecule has 1 aromatic heterocycles. The van der Waals surface area contributed by atoms with Crippen LogP contribution >= 0.6 is 0 Å². The minimum atomic E-state index is -0.0188. The monoisotopic (exact) mass is 333 g/mol. The summed E-state index contributed by atoms with van der Waals surface area (Å²) in [6, 6.07) is 18.2. The zero-order valence-electron chi connectivity index (χ0n) is 14.4. The molecular weight excluding hydrogens is 310 g/mol. The number of aromatic nitrogens is 2. The number of nitrogens with zero attached hydrogens (tertiary/aromatic N) is 2. The lowest BCUT2D eigenvalue weighted by molar-refractivity contribution is 0.0938. The van der Waals surface area contributed by atoms with E-state index in [1.165, 1.54) is 5.56 Å². The van der Waals surface area contributed by atoms with Crippen LogP contribution in [0.4, 0.5) is 0 Å². The smallest absolute Gasteiger partial charge is 0.251 e. The summed E-state index contributed by atoms with van der Waals surface area (Å²) in [4.78, 5) is 16.4. The van der Waals surface area contributed by atoms with Crippen molar-refractivity contribution >= 4 is 5.91 Å². The van der Waals surface area contributed by atoms with Crippen LogP contribution in [-0.2, 0) is 13.0 Å². The van der Waals surface area contributed by atoms with Crippen LogP contribution < -0.4 is 5.32 Å². The number of amides is 1. The molecule has 2 aromatic carbocycles. The van der Waals surface area contributed by atoms with Crippen molar-refractivity contribution in [1.82, 2.24) is 14.9 Å². The number of carbonyl (C=O) groups excluding carboxylic acids is 1. The lowest BCUT2D eigenvalue weighted by Gasteiger charge is -2.14. The number of nitrogens with one attached hydrogen (secondary N) is 1. The fraction of sp³-hybridized carbons (Fsp3) is 0.238. The van der Waals surface area contributed by atoms with Crippen LogP contribution in [0.5, 0.6) is 0 Å². The standard InChI is InChI=1S/C21H23N3O/c1-17(7-8-18-5-3-2-4-6-18)23-21(25)20-11-9-19(10-12-20)15-24-14-13-22-16-24/h2-6,9-14,16-17H,7-8,15H2,1H3,(H,23,25)/t17-/m0/s1. The van der Waals surface area contributed by atoms with Crippen molar-refractivity contribution in [3.8, 4) is 0 Å². The molecule has 1 heterocycles. The van der Waals surface area contributed by atoms with Crippen molar-refractivity contribution < 1.29 is 4.79 Å². The molecule has 25 heavy (non-hydrogen) atoms. The second-order valence-electron chi connectivity index (χ2n) is 6.33. The first-order valence-corrected chi connectivity index (χ1v) is 8.60.